The fourth-order valence-electron chi connectivity index (χ4n) is 2.71. The Kier molecular flexibility index (Phi) is 3.85. The molecule has 0 radical (unpaired) electrons. The van der Waals surface area contributed by atoms with E-state index in [0.717, 1.165) is 11.1 Å². The van der Waals surface area contributed by atoms with Gasteiger partial charge < -0.3 is 19.2 Å². The van der Waals surface area contributed by atoms with Crippen LogP contribution in [0, 0.1) is 6.92 Å². The van der Waals surface area contributed by atoms with Crippen molar-refractivity contribution in [3.05, 3.63) is 71.4 Å². The van der Waals surface area contributed by atoms with Crippen LogP contribution in [0.5, 0.6) is 11.5 Å². The minimum atomic E-state index is -0.402. The molecule has 0 unspecified atom stereocenters. The predicted molar refractivity (Wildman–Crippen MR) is 91.0 cm³/mol. The number of anilines is 1. The molecule has 1 aliphatic rings. The van der Waals surface area contributed by atoms with E-state index in [4.69, 9.17) is 13.9 Å². The molecule has 25 heavy (non-hydrogen) atoms. The summed E-state index contributed by atoms with van der Waals surface area (Å²) in [6.07, 6.45) is 2.17. The van der Waals surface area contributed by atoms with Crippen LogP contribution >= 0.6 is 0 Å². The molecule has 3 aromatic rings. The van der Waals surface area contributed by atoms with E-state index in [0.29, 0.717) is 29.4 Å². The molecule has 0 bridgehead atoms. The number of hydrogen-bond acceptors (Lipinski definition) is 5. The summed E-state index contributed by atoms with van der Waals surface area (Å²) in [5.41, 5.74) is 2.54. The topological polar surface area (TPSA) is 73.6 Å². The third-order valence-electron chi connectivity index (χ3n) is 4.00. The van der Waals surface area contributed by atoms with Crippen molar-refractivity contribution in [3.63, 3.8) is 0 Å². The Labute approximate surface area is 144 Å². The largest absolute Gasteiger partial charge is 0.454 e. The van der Waals surface area contributed by atoms with Crippen LogP contribution in [-0.2, 0) is 6.42 Å². The summed E-state index contributed by atoms with van der Waals surface area (Å²) in [6, 6.07) is 13.4. The maximum Gasteiger partial charge on any atom is 0.311 e. The molecule has 0 aliphatic carbocycles. The first-order valence-electron chi connectivity index (χ1n) is 7.90. The summed E-state index contributed by atoms with van der Waals surface area (Å²) in [5, 5.41) is 2.80. The summed E-state index contributed by atoms with van der Waals surface area (Å²) in [4.78, 5) is 16.5. The van der Waals surface area contributed by atoms with E-state index in [1.165, 1.54) is 0 Å². The van der Waals surface area contributed by atoms with Gasteiger partial charge in [-0.1, -0.05) is 30.3 Å². The number of benzene rings is 2. The van der Waals surface area contributed by atoms with Gasteiger partial charge in [-0.15, -0.1) is 0 Å². The number of ether oxygens (including phenoxy) is 2. The first-order chi connectivity index (χ1) is 12.2. The second kappa shape index (κ2) is 6.32. The first-order valence-corrected chi connectivity index (χ1v) is 7.90. The van der Waals surface area contributed by atoms with Gasteiger partial charge in [-0.2, -0.15) is 0 Å². The summed E-state index contributed by atoms with van der Waals surface area (Å²) >= 11 is 0. The Morgan fingerprint density at radius 2 is 2.00 bits per heavy atom. The van der Waals surface area contributed by atoms with E-state index in [2.05, 4.69) is 10.3 Å². The Hall–Kier alpha value is -3.28. The highest BCUT2D eigenvalue weighted by Gasteiger charge is 2.20. The van der Waals surface area contributed by atoms with Gasteiger partial charge in [0.2, 0.25) is 6.79 Å². The van der Waals surface area contributed by atoms with Gasteiger partial charge in [-0.25, -0.2) is 4.98 Å². The van der Waals surface area contributed by atoms with Crippen LogP contribution < -0.4 is 14.8 Å². The highest BCUT2D eigenvalue weighted by molar-refractivity contribution is 6.01. The van der Waals surface area contributed by atoms with Crippen LogP contribution in [0.25, 0.3) is 0 Å². The van der Waals surface area contributed by atoms with Crippen molar-refractivity contribution in [2.24, 2.45) is 0 Å². The number of nitrogens with zero attached hydrogens (tertiary/aromatic N) is 1. The maximum atomic E-state index is 12.4. The lowest BCUT2D eigenvalue weighted by Crippen LogP contribution is -2.13. The summed E-state index contributed by atoms with van der Waals surface area (Å²) < 4.78 is 16.3. The lowest BCUT2D eigenvalue weighted by Gasteiger charge is -2.08. The van der Waals surface area contributed by atoms with E-state index in [9.17, 15) is 4.79 Å². The van der Waals surface area contributed by atoms with Crippen molar-refractivity contribution in [2.45, 2.75) is 13.3 Å². The SMILES string of the molecule is Cc1c(NC(=O)c2ncc(Cc3ccccc3)o2)ccc2c1OCO2. The second-order valence-corrected chi connectivity index (χ2v) is 5.72. The minimum Gasteiger partial charge on any atom is -0.454 e. The molecule has 1 N–H and O–H groups in total. The maximum absolute atomic E-state index is 12.4. The fraction of sp³-hybridized carbons (Fsp3) is 0.158. The zero-order valence-corrected chi connectivity index (χ0v) is 13.6. The smallest absolute Gasteiger partial charge is 0.311 e. The Morgan fingerprint density at radius 3 is 2.84 bits per heavy atom. The average Bonchev–Trinajstić information content (AvgIpc) is 3.28. The van der Waals surface area contributed by atoms with Crippen LogP contribution in [0.2, 0.25) is 0 Å². The molecule has 1 aromatic heterocycles. The molecule has 0 fully saturated rings. The lowest BCUT2D eigenvalue weighted by molar-refractivity contribution is 0.0988. The molecule has 0 saturated carbocycles. The number of hydrogen-bond donors (Lipinski definition) is 1. The molecule has 4 rings (SSSR count). The van der Waals surface area contributed by atoms with E-state index < -0.39 is 5.91 Å². The molecule has 6 heteroatoms. The normalized spacial score (nSPS) is 12.2. The highest BCUT2D eigenvalue weighted by atomic mass is 16.7. The van der Waals surface area contributed by atoms with Crippen LogP contribution in [0.1, 0.15) is 27.6 Å². The second-order valence-electron chi connectivity index (χ2n) is 5.72. The first kappa shape index (κ1) is 15.3. The zero-order valence-electron chi connectivity index (χ0n) is 13.6. The van der Waals surface area contributed by atoms with Gasteiger partial charge >= 0.3 is 5.91 Å². The summed E-state index contributed by atoms with van der Waals surface area (Å²) in [6.45, 7) is 2.05. The van der Waals surface area contributed by atoms with Gasteiger partial charge in [-0.05, 0) is 24.6 Å². The molecule has 6 nitrogen and oxygen atoms in total. The molecule has 1 amide bonds. The van der Waals surface area contributed by atoms with Gasteiger partial charge in [0.25, 0.3) is 5.89 Å². The number of oxazole rings is 1. The summed E-state index contributed by atoms with van der Waals surface area (Å²) in [7, 11) is 0. The van der Waals surface area contributed by atoms with Crippen LogP contribution in [-0.4, -0.2) is 17.7 Å². The number of carbonyl (C=O) groups excluding carboxylic acids is 1. The summed E-state index contributed by atoms with van der Waals surface area (Å²) in [5.74, 6) is 1.59. The molecule has 0 atom stereocenters. The Bertz CT molecular complexity index is 918. The number of rotatable bonds is 4. The van der Waals surface area contributed by atoms with Crippen molar-refractivity contribution in [1.29, 1.82) is 0 Å². The van der Waals surface area contributed by atoms with Crippen molar-refractivity contribution in [3.8, 4) is 11.5 Å². The number of nitrogens with one attached hydrogen (secondary N) is 1. The lowest BCUT2D eigenvalue weighted by atomic mass is 10.1. The average molecular weight is 336 g/mol. The van der Waals surface area contributed by atoms with Gasteiger partial charge in [0.15, 0.2) is 11.5 Å². The van der Waals surface area contributed by atoms with Gasteiger partial charge in [0.1, 0.15) is 5.76 Å². The molecule has 0 saturated heterocycles. The number of amides is 1. The predicted octanol–water partition coefficient (Wildman–Crippen LogP) is 3.55. The monoisotopic (exact) mass is 336 g/mol. The third kappa shape index (κ3) is 3.06. The number of aromatic nitrogens is 1. The third-order valence-corrected chi connectivity index (χ3v) is 4.00. The Morgan fingerprint density at radius 1 is 1.16 bits per heavy atom. The minimum absolute atomic E-state index is 0.0306. The van der Waals surface area contributed by atoms with Crippen LogP contribution in [0.15, 0.2) is 53.1 Å². The van der Waals surface area contributed by atoms with E-state index in [1.807, 2.05) is 37.3 Å². The molecular formula is C19H16N2O4. The van der Waals surface area contributed by atoms with Crippen molar-refractivity contribution >= 4 is 11.6 Å². The number of fused-ring (bicyclic) bond motifs is 1. The van der Waals surface area contributed by atoms with Crippen LogP contribution in [0.4, 0.5) is 5.69 Å². The van der Waals surface area contributed by atoms with E-state index in [-0.39, 0.29) is 12.7 Å². The quantitative estimate of drug-likeness (QED) is 0.788. The van der Waals surface area contributed by atoms with Gasteiger partial charge in [0, 0.05) is 17.7 Å². The Balaban J connectivity index is 1.49. The van der Waals surface area contributed by atoms with Crippen LogP contribution in [0.3, 0.4) is 0 Å². The van der Waals surface area contributed by atoms with Gasteiger partial charge in [-0.3, -0.25) is 4.79 Å². The molecule has 126 valence electrons. The van der Waals surface area contributed by atoms with E-state index >= 15 is 0 Å². The molecule has 2 heterocycles. The molecule has 1 aliphatic heterocycles. The molecule has 0 spiro atoms. The van der Waals surface area contributed by atoms with Gasteiger partial charge in [0.05, 0.1) is 6.20 Å². The zero-order chi connectivity index (χ0) is 17.2. The molecular weight excluding hydrogens is 320 g/mol. The van der Waals surface area contributed by atoms with Crippen molar-refractivity contribution < 1.29 is 18.7 Å². The standard InChI is InChI=1S/C19H16N2O4/c1-12-15(7-8-16-17(12)24-11-23-16)21-18(22)19-20-10-14(25-19)9-13-5-3-2-4-6-13/h2-8,10H,9,11H2,1H3,(H,21,22). The highest BCUT2D eigenvalue weighted by Crippen LogP contribution is 2.39. The van der Waals surface area contributed by atoms with Crippen molar-refractivity contribution in [2.75, 3.05) is 12.1 Å². The number of carbonyl (C=O) groups is 1. The fourth-order valence-corrected chi connectivity index (χ4v) is 2.71. The van der Waals surface area contributed by atoms with Crippen molar-refractivity contribution in [1.82, 2.24) is 4.98 Å². The van der Waals surface area contributed by atoms with E-state index in [1.54, 1.807) is 18.3 Å². The molecule has 2 aromatic carbocycles.